The van der Waals surface area contributed by atoms with E-state index in [9.17, 15) is 13.2 Å². The summed E-state index contributed by atoms with van der Waals surface area (Å²) >= 11 is 0. The lowest BCUT2D eigenvalue weighted by Crippen LogP contribution is -2.40. The van der Waals surface area contributed by atoms with E-state index in [1.807, 2.05) is 19.1 Å². The molecule has 3 rings (SSSR count). The van der Waals surface area contributed by atoms with Crippen LogP contribution < -0.4 is 5.32 Å². The van der Waals surface area contributed by atoms with Gasteiger partial charge in [0.2, 0.25) is 10.0 Å². The van der Waals surface area contributed by atoms with Gasteiger partial charge in [-0.05, 0) is 31.5 Å². The number of aryl methyl sites for hydroxylation is 2. The Hall–Kier alpha value is -2.10. The maximum Gasteiger partial charge on any atom is 0.268 e. The van der Waals surface area contributed by atoms with Crippen molar-refractivity contribution in [1.29, 1.82) is 0 Å². The number of amides is 1. The van der Waals surface area contributed by atoms with Crippen molar-refractivity contribution >= 4 is 15.9 Å². The number of carbonyl (C=O) groups is 1. The van der Waals surface area contributed by atoms with E-state index in [0.29, 0.717) is 32.0 Å². The van der Waals surface area contributed by atoms with Crippen molar-refractivity contribution in [1.82, 2.24) is 14.2 Å². The van der Waals surface area contributed by atoms with Gasteiger partial charge >= 0.3 is 0 Å². The Balaban J connectivity index is 1.65. The molecule has 2 aromatic heterocycles. The number of aromatic nitrogens is 1. The second kappa shape index (κ2) is 8.28. The van der Waals surface area contributed by atoms with Gasteiger partial charge in [0.25, 0.3) is 5.91 Å². The zero-order valence-corrected chi connectivity index (χ0v) is 16.4. The molecule has 1 fully saturated rings. The first-order valence-electron chi connectivity index (χ1n) is 8.95. The third-order valence-corrected chi connectivity index (χ3v) is 6.47. The lowest BCUT2D eigenvalue weighted by atomic mass is 10.1. The Kier molecular flexibility index (Phi) is 6.03. The van der Waals surface area contributed by atoms with Gasteiger partial charge < -0.3 is 19.0 Å². The van der Waals surface area contributed by atoms with E-state index in [0.717, 1.165) is 18.6 Å². The van der Waals surface area contributed by atoms with Crippen LogP contribution in [0.5, 0.6) is 0 Å². The Morgan fingerprint density at radius 2 is 2.07 bits per heavy atom. The van der Waals surface area contributed by atoms with E-state index in [1.165, 1.54) is 16.6 Å². The molecular formula is C18H25N3O5S. The first-order chi connectivity index (χ1) is 12.9. The average Bonchev–Trinajstić information content (AvgIpc) is 3.30. The average molecular weight is 395 g/mol. The van der Waals surface area contributed by atoms with E-state index in [-0.39, 0.29) is 16.8 Å². The highest BCUT2D eigenvalue weighted by Crippen LogP contribution is 2.20. The molecule has 0 aromatic carbocycles. The van der Waals surface area contributed by atoms with Gasteiger partial charge in [-0.3, -0.25) is 4.79 Å². The molecule has 0 spiro atoms. The van der Waals surface area contributed by atoms with E-state index >= 15 is 0 Å². The molecule has 1 aliphatic heterocycles. The minimum Gasteiger partial charge on any atom is -0.469 e. The monoisotopic (exact) mass is 395 g/mol. The molecule has 1 amide bonds. The van der Waals surface area contributed by atoms with Crippen LogP contribution in [0.4, 0.5) is 0 Å². The van der Waals surface area contributed by atoms with Crippen molar-refractivity contribution in [3.05, 3.63) is 42.1 Å². The van der Waals surface area contributed by atoms with Crippen molar-refractivity contribution in [3.8, 4) is 0 Å². The van der Waals surface area contributed by atoms with E-state index in [4.69, 9.17) is 9.15 Å². The molecule has 9 heteroatoms. The summed E-state index contributed by atoms with van der Waals surface area (Å²) in [7, 11) is -1.96. The molecule has 0 aliphatic carbocycles. The van der Waals surface area contributed by atoms with E-state index in [2.05, 4.69) is 5.32 Å². The number of rotatable bonds is 7. The number of nitrogens with one attached hydrogen (secondary N) is 1. The van der Waals surface area contributed by atoms with Crippen LogP contribution in [-0.2, 0) is 28.2 Å². The van der Waals surface area contributed by atoms with E-state index in [1.54, 1.807) is 17.9 Å². The predicted molar refractivity (Wildman–Crippen MR) is 98.9 cm³/mol. The van der Waals surface area contributed by atoms with Crippen molar-refractivity contribution in [3.63, 3.8) is 0 Å². The normalized spacial score (nSPS) is 17.0. The number of furan rings is 1. The molecule has 1 aliphatic rings. The van der Waals surface area contributed by atoms with Crippen LogP contribution in [-0.4, -0.2) is 55.5 Å². The van der Waals surface area contributed by atoms with Crippen molar-refractivity contribution < 1.29 is 22.4 Å². The molecule has 3 heterocycles. The van der Waals surface area contributed by atoms with Gasteiger partial charge in [0.05, 0.1) is 19.5 Å². The Morgan fingerprint density at radius 3 is 2.74 bits per heavy atom. The molecule has 1 atom stereocenters. The largest absolute Gasteiger partial charge is 0.469 e. The Labute approximate surface area is 159 Å². The maximum atomic E-state index is 12.7. The van der Waals surface area contributed by atoms with Crippen LogP contribution in [0.25, 0.3) is 0 Å². The van der Waals surface area contributed by atoms with Crippen LogP contribution in [0.2, 0.25) is 0 Å². The Morgan fingerprint density at radius 1 is 1.33 bits per heavy atom. The first-order valence-corrected chi connectivity index (χ1v) is 10.4. The number of hydrogen-bond acceptors (Lipinski definition) is 5. The topological polar surface area (TPSA) is 93.8 Å². The molecule has 2 aromatic rings. The summed E-state index contributed by atoms with van der Waals surface area (Å²) in [5, 5.41) is 2.91. The smallest absolute Gasteiger partial charge is 0.268 e. The van der Waals surface area contributed by atoms with Gasteiger partial charge in [0, 0.05) is 38.8 Å². The van der Waals surface area contributed by atoms with Gasteiger partial charge in [-0.2, -0.15) is 4.31 Å². The Bertz CT molecular complexity index is 867. The molecule has 1 saturated heterocycles. The van der Waals surface area contributed by atoms with Gasteiger partial charge in [-0.1, -0.05) is 0 Å². The van der Waals surface area contributed by atoms with Crippen molar-refractivity contribution in [2.45, 2.75) is 30.7 Å². The quantitative estimate of drug-likeness (QED) is 0.765. The van der Waals surface area contributed by atoms with Gasteiger partial charge in [-0.15, -0.1) is 0 Å². The predicted octanol–water partition coefficient (Wildman–Crippen LogP) is 1.39. The number of nitrogens with zero attached hydrogens (tertiary/aromatic N) is 2. The highest BCUT2D eigenvalue weighted by molar-refractivity contribution is 7.89. The molecule has 0 bridgehead atoms. The SMILES string of the molecule is CC(CCc1ccco1)NC(=O)c1cc(S(=O)(=O)N2CCOCC2)cn1C. The highest BCUT2D eigenvalue weighted by Gasteiger charge is 2.29. The molecule has 0 saturated carbocycles. The number of ether oxygens (including phenoxy) is 1. The minimum atomic E-state index is -3.63. The number of morpholine rings is 1. The van der Waals surface area contributed by atoms with Gasteiger partial charge in [0.15, 0.2) is 0 Å². The zero-order chi connectivity index (χ0) is 19.4. The summed E-state index contributed by atoms with van der Waals surface area (Å²) in [5.41, 5.74) is 0.312. The van der Waals surface area contributed by atoms with Crippen LogP contribution in [0.1, 0.15) is 29.6 Å². The number of carbonyl (C=O) groups excluding carboxylic acids is 1. The van der Waals surface area contributed by atoms with E-state index < -0.39 is 10.0 Å². The van der Waals surface area contributed by atoms with Crippen molar-refractivity contribution in [2.24, 2.45) is 7.05 Å². The summed E-state index contributed by atoms with van der Waals surface area (Å²) < 4.78 is 38.9. The molecular weight excluding hydrogens is 370 g/mol. The first kappa shape index (κ1) is 19.7. The summed E-state index contributed by atoms with van der Waals surface area (Å²) in [6, 6.07) is 5.09. The molecule has 8 nitrogen and oxygen atoms in total. The lowest BCUT2D eigenvalue weighted by molar-refractivity contribution is 0.0730. The molecule has 0 radical (unpaired) electrons. The number of sulfonamides is 1. The fourth-order valence-corrected chi connectivity index (χ4v) is 4.50. The van der Waals surface area contributed by atoms with Gasteiger partial charge in [0.1, 0.15) is 16.3 Å². The second-order valence-corrected chi connectivity index (χ2v) is 8.62. The minimum absolute atomic E-state index is 0.0724. The third kappa shape index (κ3) is 4.60. The van der Waals surface area contributed by atoms with Crippen LogP contribution in [0.3, 0.4) is 0 Å². The standard InChI is InChI=1S/C18H25N3O5S/c1-14(5-6-15-4-3-9-26-15)19-18(22)17-12-16(13-20(17)2)27(23,24)21-7-10-25-11-8-21/h3-4,9,12-14H,5-8,10-11H2,1-2H3,(H,19,22). The summed E-state index contributed by atoms with van der Waals surface area (Å²) in [5.74, 6) is 0.571. The maximum absolute atomic E-state index is 12.7. The molecule has 1 N–H and O–H groups in total. The zero-order valence-electron chi connectivity index (χ0n) is 15.6. The molecule has 27 heavy (non-hydrogen) atoms. The summed E-state index contributed by atoms with van der Waals surface area (Å²) in [4.78, 5) is 12.7. The summed E-state index contributed by atoms with van der Waals surface area (Å²) in [6.45, 7) is 3.32. The number of hydrogen-bond donors (Lipinski definition) is 1. The van der Waals surface area contributed by atoms with Gasteiger partial charge in [-0.25, -0.2) is 8.42 Å². The third-order valence-electron chi connectivity index (χ3n) is 4.60. The van der Waals surface area contributed by atoms with Crippen molar-refractivity contribution in [2.75, 3.05) is 26.3 Å². The lowest BCUT2D eigenvalue weighted by Gasteiger charge is -2.25. The molecule has 148 valence electrons. The highest BCUT2D eigenvalue weighted by atomic mass is 32.2. The second-order valence-electron chi connectivity index (χ2n) is 6.68. The van der Waals surface area contributed by atoms with Crippen LogP contribution >= 0.6 is 0 Å². The van der Waals surface area contributed by atoms with Crippen LogP contribution in [0, 0.1) is 0 Å². The van der Waals surface area contributed by atoms with Crippen LogP contribution in [0.15, 0.2) is 40.0 Å². The summed E-state index contributed by atoms with van der Waals surface area (Å²) in [6.07, 6.45) is 4.55. The molecule has 1 unspecified atom stereocenters. The fourth-order valence-electron chi connectivity index (χ4n) is 3.02. The fraction of sp³-hybridized carbons (Fsp3) is 0.500.